The van der Waals surface area contributed by atoms with Crippen molar-refractivity contribution in [3.05, 3.63) is 35.4 Å². The lowest BCUT2D eigenvalue weighted by Gasteiger charge is -2.34. The maximum Gasteiger partial charge on any atom is 0.254 e. The average Bonchev–Trinajstić information content (AvgIpc) is 2.46. The standard InChI is InChI=1S/C16H22N2O2/c1-11(17)13-7-9-18(10-8-13)16(20)15-6-4-3-5-14(15)12(2)19/h3-6,11,13H,7-10,17H2,1-2H3. The highest BCUT2D eigenvalue weighted by molar-refractivity contribution is 6.07. The summed E-state index contributed by atoms with van der Waals surface area (Å²) in [5.41, 5.74) is 6.94. The molecule has 108 valence electrons. The first-order valence-electron chi connectivity index (χ1n) is 7.15. The van der Waals surface area contributed by atoms with Crippen LogP contribution < -0.4 is 5.73 Å². The number of amides is 1. The van der Waals surface area contributed by atoms with Crippen molar-refractivity contribution in [3.8, 4) is 0 Å². The molecule has 1 atom stereocenters. The zero-order chi connectivity index (χ0) is 14.7. The number of nitrogens with zero attached hydrogens (tertiary/aromatic N) is 1. The Morgan fingerprint density at radius 2 is 1.75 bits per heavy atom. The number of hydrogen-bond donors (Lipinski definition) is 1. The van der Waals surface area contributed by atoms with Crippen LogP contribution in [0.3, 0.4) is 0 Å². The molecule has 0 saturated carbocycles. The first-order valence-corrected chi connectivity index (χ1v) is 7.15. The van der Waals surface area contributed by atoms with Gasteiger partial charge in [-0.05, 0) is 38.7 Å². The highest BCUT2D eigenvalue weighted by Gasteiger charge is 2.26. The summed E-state index contributed by atoms with van der Waals surface area (Å²) in [7, 11) is 0. The number of benzene rings is 1. The average molecular weight is 274 g/mol. The lowest BCUT2D eigenvalue weighted by atomic mass is 9.90. The Morgan fingerprint density at radius 1 is 1.20 bits per heavy atom. The topological polar surface area (TPSA) is 63.4 Å². The Balaban J connectivity index is 2.12. The largest absolute Gasteiger partial charge is 0.339 e. The van der Waals surface area contributed by atoms with Gasteiger partial charge in [-0.15, -0.1) is 0 Å². The molecule has 0 aliphatic carbocycles. The van der Waals surface area contributed by atoms with Crippen LogP contribution in [0.4, 0.5) is 0 Å². The van der Waals surface area contributed by atoms with Gasteiger partial charge in [-0.1, -0.05) is 18.2 Å². The molecular formula is C16H22N2O2. The molecule has 0 aromatic heterocycles. The van der Waals surface area contributed by atoms with Gasteiger partial charge in [-0.25, -0.2) is 0 Å². The summed E-state index contributed by atoms with van der Waals surface area (Å²) in [5, 5.41) is 0. The van der Waals surface area contributed by atoms with Crippen molar-refractivity contribution in [3.63, 3.8) is 0 Å². The maximum absolute atomic E-state index is 12.5. The number of piperidine rings is 1. The zero-order valence-corrected chi connectivity index (χ0v) is 12.1. The van der Waals surface area contributed by atoms with Gasteiger partial charge in [0.25, 0.3) is 5.91 Å². The van der Waals surface area contributed by atoms with Crippen LogP contribution in [0.2, 0.25) is 0 Å². The van der Waals surface area contributed by atoms with Gasteiger partial charge in [0.2, 0.25) is 0 Å². The molecule has 20 heavy (non-hydrogen) atoms. The Labute approximate surface area is 119 Å². The number of carbonyl (C=O) groups is 2. The lowest BCUT2D eigenvalue weighted by Crippen LogP contribution is -2.42. The molecule has 1 aliphatic rings. The molecule has 1 aromatic carbocycles. The van der Waals surface area contributed by atoms with E-state index in [-0.39, 0.29) is 17.7 Å². The monoisotopic (exact) mass is 274 g/mol. The third kappa shape index (κ3) is 3.07. The summed E-state index contributed by atoms with van der Waals surface area (Å²) in [4.78, 5) is 26.0. The normalized spacial score (nSPS) is 17.9. The van der Waals surface area contributed by atoms with E-state index in [9.17, 15) is 9.59 Å². The third-order valence-electron chi connectivity index (χ3n) is 4.11. The van der Waals surface area contributed by atoms with Gasteiger partial charge in [0.15, 0.2) is 5.78 Å². The van der Waals surface area contributed by atoms with Gasteiger partial charge in [0, 0.05) is 24.7 Å². The van der Waals surface area contributed by atoms with Gasteiger partial charge in [-0.2, -0.15) is 0 Å². The summed E-state index contributed by atoms with van der Waals surface area (Å²) < 4.78 is 0. The fourth-order valence-electron chi connectivity index (χ4n) is 2.78. The van der Waals surface area contributed by atoms with Crippen molar-refractivity contribution in [1.82, 2.24) is 4.90 Å². The van der Waals surface area contributed by atoms with E-state index in [1.807, 2.05) is 11.8 Å². The smallest absolute Gasteiger partial charge is 0.254 e. The number of Topliss-reactive ketones (excluding diaryl/α,β-unsaturated/α-hetero) is 1. The van der Waals surface area contributed by atoms with Crippen LogP contribution >= 0.6 is 0 Å². The van der Waals surface area contributed by atoms with Crippen LogP contribution in [0.25, 0.3) is 0 Å². The van der Waals surface area contributed by atoms with E-state index < -0.39 is 0 Å². The van der Waals surface area contributed by atoms with Crippen molar-refractivity contribution in [2.24, 2.45) is 11.7 Å². The number of hydrogen-bond acceptors (Lipinski definition) is 3. The predicted molar refractivity (Wildman–Crippen MR) is 78.7 cm³/mol. The van der Waals surface area contributed by atoms with E-state index >= 15 is 0 Å². The molecule has 1 amide bonds. The molecule has 4 heteroatoms. The Kier molecular flexibility index (Phi) is 4.55. The fraction of sp³-hybridized carbons (Fsp3) is 0.500. The lowest BCUT2D eigenvalue weighted by molar-refractivity contribution is 0.0677. The minimum Gasteiger partial charge on any atom is -0.339 e. The quantitative estimate of drug-likeness (QED) is 0.858. The molecule has 2 rings (SSSR count). The molecule has 2 N–H and O–H groups in total. The van der Waals surface area contributed by atoms with Crippen LogP contribution in [0.15, 0.2) is 24.3 Å². The maximum atomic E-state index is 12.5. The van der Waals surface area contributed by atoms with E-state index in [1.165, 1.54) is 6.92 Å². The summed E-state index contributed by atoms with van der Waals surface area (Å²) in [6.45, 7) is 4.95. The molecule has 1 fully saturated rings. The first-order chi connectivity index (χ1) is 9.50. The van der Waals surface area contributed by atoms with Crippen LogP contribution in [0.5, 0.6) is 0 Å². The van der Waals surface area contributed by atoms with Crippen molar-refractivity contribution >= 4 is 11.7 Å². The minimum atomic E-state index is -0.0700. The molecule has 1 aliphatic heterocycles. The second kappa shape index (κ2) is 6.18. The van der Waals surface area contributed by atoms with Gasteiger partial charge in [0.1, 0.15) is 0 Å². The van der Waals surface area contributed by atoms with Gasteiger partial charge in [-0.3, -0.25) is 9.59 Å². The third-order valence-corrected chi connectivity index (χ3v) is 4.11. The molecule has 1 saturated heterocycles. The molecule has 1 heterocycles. The highest BCUT2D eigenvalue weighted by Crippen LogP contribution is 2.22. The van der Waals surface area contributed by atoms with Crippen LogP contribution in [0, 0.1) is 5.92 Å². The van der Waals surface area contributed by atoms with E-state index in [0.29, 0.717) is 17.0 Å². The number of ketones is 1. The number of nitrogens with two attached hydrogens (primary N) is 1. The SMILES string of the molecule is CC(=O)c1ccccc1C(=O)N1CCC(C(C)N)CC1. The van der Waals surface area contributed by atoms with Crippen molar-refractivity contribution in [2.75, 3.05) is 13.1 Å². The van der Waals surface area contributed by atoms with E-state index in [2.05, 4.69) is 0 Å². The Morgan fingerprint density at radius 3 is 2.25 bits per heavy atom. The van der Waals surface area contributed by atoms with Crippen LogP contribution in [-0.2, 0) is 0 Å². The van der Waals surface area contributed by atoms with E-state index in [1.54, 1.807) is 24.3 Å². The molecule has 0 spiro atoms. The van der Waals surface area contributed by atoms with Gasteiger partial charge in [0.05, 0.1) is 5.56 Å². The number of carbonyl (C=O) groups excluding carboxylic acids is 2. The molecule has 1 aromatic rings. The molecule has 0 radical (unpaired) electrons. The Hall–Kier alpha value is -1.68. The van der Waals surface area contributed by atoms with Crippen molar-refractivity contribution in [1.29, 1.82) is 0 Å². The molecule has 1 unspecified atom stereocenters. The first kappa shape index (κ1) is 14.7. The minimum absolute atomic E-state index is 0.0427. The number of likely N-dealkylation sites (tertiary alicyclic amines) is 1. The molecular weight excluding hydrogens is 252 g/mol. The molecule has 0 bridgehead atoms. The summed E-state index contributed by atoms with van der Waals surface area (Å²) in [6, 6.07) is 7.21. The number of rotatable bonds is 3. The summed E-state index contributed by atoms with van der Waals surface area (Å²) >= 11 is 0. The van der Waals surface area contributed by atoms with Gasteiger partial charge < -0.3 is 10.6 Å². The Bertz CT molecular complexity index is 503. The van der Waals surface area contributed by atoms with Gasteiger partial charge >= 0.3 is 0 Å². The van der Waals surface area contributed by atoms with Crippen LogP contribution in [0.1, 0.15) is 47.4 Å². The second-order valence-electron chi connectivity index (χ2n) is 5.59. The second-order valence-corrected chi connectivity index (χ2v) is 5.59. The predicted octanol–water partition coefficient (Wildman–Crippen LogP) is 2.09. The summed E-state index contributed by atoms with van der Waals surface area (Å²) in [5.74, 6) is 0.375. The summed E-state index contributed by atoms with van der Waals surface area (Å²) in [6.07, 6.45) is 1.87. The van der Waals surface area contributed by atoms with Crippen molar-refractivity contribution < 1.29 is 9.59 Å². The van der Waals surface area contributed by atoms with E-state index in [4.69, 9.17) is 5.73 Å². The fourth-order valence-corrected chi connectivity index (χ4v) is 2.78. The highest BCUT2D eigenvalue weighted by atomic mass is 16.2. The zero-order valence-electron chi connectivity index (χ0n) is 12.1. The molecule has 4 nitrogen and oxygen atoms in total. The van der Waals surface area contributed by atoms with Crippen molar-refractivity contribution in [2.45, 2.75) is 32.7 Å². The van der Waals surface area contributed by atoms with Crippen LogP contribution in [-0.4, -0.2) is 35.7 Å². The van der Waals surface area contributed by atoms with E-state index in [0.717, 1.165) is 25.9 Å².